The molecule has 0 bridgehead atoms. The molecule has 2 amide bonds. The maximum absolute atomic E-state index is 12.2. The van der Waals surface area contributed by atoms with E-state index in [0.29, 0.717) is 11.4 Å². The van der Waals surface area contributed by atoms with Crippen molar-refractivity contribution >= 4 is 17.8 Å². The average molecular weight is 306 g/mol. The fourth-order valence-electron chi connectivity index (χ4n) is 2.12. The van der Waals surface area contributed by atoms with Crippen LogP contribution in [0.1, 0.15) is 44.0 Å². The molecule has 0 spiro atoms. The molecule has 1 aliphatic rings. The number of amides is 2. The van der Waals surface area contributed by atoms with Gasteiger partial charge in [-0.25, -0.2) is 15.2 Å². The number of nitrogens with one attached hydrogen (secondary N) is 2. The van der Waals surface area contributed by atoms with E-state index in [1.807, 2.05) is 4.90 Å². The molecule has 1 fully saturated rings. The molecule has 22 heavy (non-hydrogen) atoms. The van der Waals surface area contributed by atoms with E-state index in [9.17, 15) is 9.59 Å². The Labute approximate surface area is 130 Å². The minimum atomic E-state index is -0.591. The fourth-order valence-corrected chi connectivity index (χ4v) is 2.12. The Morgan fingerprint density at radius 3 is 2.45 bits per heavy atom. The van der Waals surface area contributed by atoms with Gasteiger partial charge in [0.2, 0.25) is 0 Å². The van der Waals surface area contributed by atoms with Crippen LogP contribution in [0.15, 0.2) is 18.3 Å². The van der Waals surface area contributed by atoms with Gasteiger partial charge >= 0.3 is 6.09 Å². The monoisotopic (exact) mass is 306 g/mol. The predicted molar refractivity (Wildman–Crippen MR) is 82.4 cm³/mol. The third-order valence-corrected chi connectivity index (χ3v) is 3.10. The highest BCUT2D eigenvalue weighted by Gasteiger charge is 2.19. The summed E-state index contributed by atoms with van der Waals surface area (Å²) in [6.07, 6.45) is 3.02. The molecule has 7 heteroatoms. The van der Waals surface area contributed by atoms with Crippen molar-refractivity contribution in [1.82, 2.24) is 15.3 Å². The van der Waals surface area contributed by atoms with Gasteiger partial charge in [0.1, 0.15) is 11.4 Å². The zero-order chi connectivity index (χ0) is 16.2. The van der Waals surface area contributed by atoms with Gasteiger partial charge in [0, 0.05) is 19.3 Å². The van der Waals surface area contributed by atoms with Crippen molar-refractivity contribution in [2.75, 3.05) is 18.5 Å². The van der Waals surface area contributed by atoms with Crippen LogP contribution < -0.4 is 10.9 Å². The molecular formula is C15H22N4O3. The van der Waals surface area contributed by atoms with Gasteiger partial charge in [0.25, 0.3) is 5.91 Å². The van der Waals surface area contributed by atoms with E-state index in [1.54, 1.807) is 32.9 Å². The van der Waals surface area contributed by atoms with Gasteiger partial charge in [-0.1, -0.05) is 0 Å². The summed E-state index contributed by atoms with van der Waals surface area (Å²) in [7, 11) is 0. The molecule has 0 aliphatic carbocycles. The first-order valence-electron chi connectivity index (χ1n) is 7.35. The second kappa shape index (κ2) is 6.64. The quantitative estimate of drug-likeness (QED) is 0.836. The highest BCUT2D eigenvalue weighted by molar-refractivity contribution is 5.94. The van der Waals surface area contributed by atoms with Gasteiger partial charge in [0.05, 0.1) is 5.56 Å². The molecule has 7 nitrogen and oxygen atoms in total. The molecule has 0 unspecified atom stereocenters. The first kappa shape index (κ1) is 16.1. The lowest BCUT2D eigenvalue weighted by Gasteiger charge is -2.20. The fraction of sp³-hybridized carbons (Fsp3) is 0.533. The number of ether oxygens (including phenoxy) is 1. The number of hydrogen-bond donors (Lipinski definition) is 2. The lowest BCUT2D eigenvalue weighted by Crippen LogP contribution is -2.36. The van der Waals surface area contributed by atoms with Gasteiger partial charge in [-0.2, -0.15) is 0 Å². The van der Waals surface area contributed by atoms with Crippen LogP contribution in [-0.4, -0.2) is 40.6 Å². The molecule has 2 N–H and O–H groups in total. The van der Waals surface area contributed by atoms with E-state index in [0.717, 1.165) is 25.9 Å². The second-order valence-electron chi connectivity index (χ2n) is 6.18. The number of hydrogen-bond acceptors (Lipinski definition) is 5. The zero-order valence-electron chi connectivity index (χ0n) is 13.2. The van der Waals surface area contributed by atoms with E-state index in [1.165, 1.54) is 6.20 Å². The second-order valence-corrected chi connectivity index (χ2v) is 6.18. The van der Waals surface area contributed by atoms with Gasteiger partial charge < -0.3 is 9.64 Å². The van der Waals surface area contributed by atoms with Gasteiger partial charge in [-0.05, 0) is 45.7 Å². The number of rotatable bonds is 3. The summed E-state index contributed by atoms with van der Waals surface area (Å²) in [5.41, 5.74) is 5.01. The molecule has 0 aromatic carbocycles. The first-order valence-corrected chi connectivity index (χ1v) is 7.35. The van der Waals surface area contributed by atoms with Crippen LogP contribution in [0.4, 0.5) is 10.6 Å². The van der Waals surface area contributed by atoms with E-state index in [2.05, 4.69) is 15.8 Å². The standard InChI is InChI=1S/C15H22N4O3/c1-15(2,3)22-14(21)18-17-12-7-6-11(10-16-12)13(20)19-8-4-5-9-19/h6-7,10H,4-5,8-9H2,1-3H3,(H,16,17)(H,18,21). The van der Waals surface area contributed by atoms with E-state index in [4.69, 9.17) is 4.74 Å². The SMILES string of the molecule is CC(C)(C)OC(=O)NNc1ccc(C(=O)N2CCCC2)cn1. The number of nitrogens with zero attached hydrogens (tertiary/aromatic N) is 2. The van der Waals surface area contributed by atoms with Crippen LogP contribution in [0, 0.1) is 0 Å². The van der Waals surface area contributed by atoms with Crippen LogP contribution >= 0.6 is 0 Å². The molecular weight excluding hydrogens is 284 g/mol. The summed E-state index contributed by atoms with van der Waals surface area (Å²) in [6, 6.07) is 3.33. The Balaban J connectivity index is 1.86. The number of anilines is 1. The summed E-state index contributed by atoms with van der Waals surface area (Å²) in [6.45, 7) is 6.95. The Morgan fingerprint density at radius 2 is 1.91 bits per heavy atom. The van der Waals surface area contributed by atoms with Gasteiger partial charge in [0.15, 0.2) is 0 Å². The van der Waals surface area contributed by atoms with Crippen molar-refractivity contribution in [1.29, 1.82) is 0 Å². The van der Waals surface area contributed by atoms with E-state index in [-0.39, 0.29) is 5.91 Å². The molecule has 1 saturated heterocycles. The van der Waals surface area contributed by atoms with Crippen LogP contribution in [0.2, 0.25) is 0 Å². The summed E-state index contributed by atoms with van der Waals surface area (Å²) in [5, 5.41) is 0. The molecule has 2 heterocycles. The minimum Gasteiger partial charge on any atom is -0.443 e. The normalized spacial score (nSPS) is 14.6. The number of carbonyl (C=O) groups is 2. The largest absolute Gasteiger partial charge is 0.443 e. The van der Waals surface area contributed by atoms with Crippen molar-refractivity contribution in [2.24, 2.45) is 0 Å². The molecule has 120 valence electrons. The summed E-state index contributed by atoms with van der Waals surface area (Å²) >= 11 is 0. The minimum absolute atomic E-state index is 0.00310. The van der Waals surface area contributed by atoms with Crippen LogP contribution in [0.25, 0.3) is 0 Å². The Morgan fingerprint density at radius 1 is 1.23 bits per heavy atom. The van der Waals surface area contributed by atoms with Crippen molar-refractivity contribution < 1.29 is 14.3 Å². The Kier molecular flexibility index (Phi) is 4.85. The molecule has 1 aromatic rings. The number of aromatic nitrogens is 1. The molecule has 1 aromatic heterocycles. The zero-order valence-corrected chi connectivity index (χ0v) is 13.2. The molecule has 1 aliphatic heterocycles. The summed E-state index contributed by atoms with van der Waals surface area (Å²) < 4.78 is 5.09. The number of pyridine rings is 1. The van der Waals surface area contributed by atoms with E-state index >= 15 is 0 Å². The number of hydrazine groups is 1. The molecule has 0 radical (unpaired) electrons. The van der Waals surface area contributed by atoms with Crippen molar-refractivity contribution in [3.8, 4) is 0 Å². The lowest BCUT2D eigenvalue weighted by molar-refractivity contribution is 0.0540. The predicted octanol–water partition coefficient (Wildman–Crippen LogP) is 2.17. The molecule has 0 saturated carbocycles. The third-order valence-electron chi connectivity index (χ3n) is 3.10. The van der Waals surface area contributed by atoms with Crippen LogP contribution in [-0.2, 0) is 4.74 Å². The summed E-state index contributed by atoms with van der Waals surface area (Å²) in [5.74, 6) is 0.431. The highest BCUT2D eigenvalue weighted by atomic mass is 16.6. The van der Waals surface area contributed by atoms with Crippen molar-refractivity contribution in [2.45, 2.75) is 39.2 Å². The molecule has 0 atom stereocenters. The number of carbonyl (C=O) groups excluding carboxylic acids is 2. The Bertz CT molecular complexity index is 531. The first-order chi connectivity index (χ1) is 10.3. The van der Waals surface area contributed by atoms with Gasteiger partial charge in [-0.3, -0.25) is 10.2 Å². The van der Waals surface area contributed by atoms with Crippen molar-refractivity contribution in [3.05, 3.63) is 23.9 Å². The van der Waals surface area contributed by atoms with Crippen LogP contribution in [0.5, 0.6) is 0 Å². The molecule has 2 rings (SSSR count). The maximum Gasteiger partial charge on any atom is 0.426 e. The smallest absolute Gasteiger partial charge is 0.426 e. The van der Waals surface area contributed by atoms with Crippen molar-refractivity contribution in [3.63, 3.8) is 0 Å². The Hall–Kier alpha value is -2.31. The van der Waals surface area contributed by atoms with Crippen LogP contribution in [0.3, 0.4) is 0 Å². The maximum atomic E-state index is 12.2. The summed E-state index contributed by atoms with van der Waals surface area (Å²) in [4.78, 5) is 29.6. The highest BCUT2D eigenvalue weighted by Crippen LogP contribution is 2.13. The topological polar surface area (TPSA) is 83.6 Å². The average Bonchev–Trinajstić information content (AvgIpc) is 2.97. The van der Waals surface area contributed by atoms with Gasteiger partial charge in [-0.15, -0.1) is 0 Å². The van der Waals surface area contributed by atoms with E-state index < -0.39 is 11.7 Å². The third kappa shape index (κ3) is 4.61. The number of likely N-dealkylation sites (tertiary alicyclic amines) is 1. The lowest BCUT2D eigenvalue weighted by atomic mass is 10.2.